The van der Waals surface area contributed by atoms with E-state index in [1.807, 2.05) is 6.92 Å². The van der Waals surface area contributed by atoms with Gasteiger partial charge in [0, 0.05) is 33.0 Å². The number of hydrogen-bond donors (Lipinski definition) is 1. The van der Waals surface area contributed by atoms with Crippen molar-refractivity contribution in [2.24, 2.45) is 0 Å². The van der Waals surface area contributed by atoms with Crippen molar-refractivity contribution >= 4 is 17.7 Å². The minimum Gasteiger partial charge on any atom is -0.480 e. The highest BCUT2D eigenvalue weighted by molar-refractivity contribution is 8.09. The fourth-order valence-electron chi connectivity index (χ4n) is 3.43. The number of aliphatic carboxylic acids is 1. The topological polar surface area (TPSA) is 65.0 Å². The summed E-state index contributed by atoms with van der Waals surface area (Å²) in [6.45, 7) is 1.85. The normalized spacial score (nSPS) is 22.5. The molecule has 1 aliphatic heterocycles. The maximum atomic E-state index is 11.1. The summed E-state index contributed by atoms with van der Waals surface area (Å²) in [4.78, 5) is 11.1. The zero-order valence-electron chi connectivity index (χ0n) is 17.1. The average molecular weight is 391 g/mol. The third-order valence-electron chi connectivity index (χ3n) is 5.50. The summed E-state index contributed by atoms with van der Waals surface area (Å²) in [6, 6.07) is 0. The standard InChI is InChI=1S/C20H38O5S/c1-19(18(21)22)17(26-19)15-13-11-9-7-5-6-8-10-12-14-16-20(23-2,24-3)25-4/h17H,5-16H2,1-4H3,(H,21,22). The zero-order valence-corrected chi connectivity index (χ0v) is 17.9. The van der Waals surface area contributed by atoms with Crippen LogP contribution in [0.3, 0.4) is 0 Å². The highest BCUT2D eigenvalue weighted by Gasteiger charge is 2.57. The molecule has 1 saturated heterocycles. The number of carbonyl (C=O) groups is 1. The fraction of sp³-hybridized carbons (Fsp3) is 0.950. The molecule has 0 amide bonds. The molecule has 1 N–H and O–H groups in total. The van der Waals surface area contributed by atoms with Crippen LogP contribution in [0.25, 0.3) is 0 Å². The van der Waals surface area contributed by atoms with Crippen LogP contribution < -0.4 is 0 Å². The summed E-state index contributed by atoms with van der Waals surface area (Å²) < 4.78 is 15.4. The second kappa shape index (κ2) is 12.2. The van der Waals surface area contributed by atoms with E-state index in [1.165, 1.54) is 57.8 Å². The van der Waals surface area contributed by atoms with Gasteiger partial charge in [-0.25, -0.2) is 0 Å². The summed E-state index contributed by atoms with van der Waals surface area (Å²) >= 11 is 1.61. The van der Waals surface area contributed by atoms with Gasteiger partial charge in [-0.3, -0.25) is 4.79 Å². The molecule has 1 heterocycles. The highest BCUT2D eigenvalue weighted by atomic mass is 32.2. The van der Waals surface area contributed by atoms with Gasteiger partial charge in [-0.05, 0) is 19.8 Å². The van der Waals surface area contributed by atoms with Crippen molar-refractivity contribution in [3.63, 3.8) is 0 Å². The lowest BCUT2D eigenvalue weighted by Crippen LogP contribution is -2.35. The molecule has 0 spiro atoms. The van der Waals surface area contributed by atoms with Crippen molar-refractivity contribution in [3.05, 3.63) is 0 Å². The minimum atomic E-state index is -0.874. The quantitative estimate of drug-likeness (QED) is 0.209. The minimum absolute atomic E-state index is 0.341. The molecule has 26 heavy (non-hydrogen) atoms. The Morgan fingerprint density at radius 2 is 1.31 bits per heavy atom. The van der Waals surface area contributed by atoms with Gasteiger partial charge in [0.05, 0.1) is 0 Å². The van der Waals surface area contributed by atoms with Crippen LogP contribution in [0.1, 0.15) is 84.0 Å². The summed E-state index contributed by atoms with van der Waals surface area (Å²) in [6.07, 6.45) is 14.2. The predicted octanol–water partition coefficient (Wildman–Crippen LogP) is 5.22. The molecule has 1 rings (SSSR count). The summed E-state index contributed by atoms with van der Waals surface area (Å²) in [5.41, 5.74) is 0. The molecule has 2 atom stereocenters. The molecule has 0 saturated carbocycles. The van der Waals surface area contributed by atoms with Gasteiger partial charge in [0.15, 0.2) is 0 Å². The van der Waals surface area contributed by atoms with Crippen molar-refractivity contribution < 1.29 is 24.1 Å². The lowest BCUT2D eigenvalue weighted by molar-refractivity contribution is -0.355. The summed E-state index contributed by atoms with van der Waals surface area (Å²) in [5, 5.41) is 9.44. The van der Waals surface area contributed by atoms with Gasteiger partial charge in [0.25, 0.3) is 5.97 Å². The van der Waals surface area contributed by atoms with E-state index in [9.17, 15) is 4.79 Å². The molecule has 154 valence electrons. The first-order valence-electron chi connectivity index (χ1n) is 10.0. The van der Waals surface area contributed by atoms with E-state index < -0.39 is 16.7 Å². The summed E-state index contributed by atoms with van der Waals surface area (Å²) in [7, 11) is 4.84. The molecule has 1 fully saturated rings. The molecular formula is C20H38O5S. The number of ether oxygens (including phenoxy) is 3. The number of hydrogen-bond acceptors (Lipinski definition) is 5. The third-order valence-corrected chi connectivity index (χ3v) is 7.19. The number of thioether (sulfide) groups is 1. The molecule has 1 aliphatic rings. The third kappa shape index (κ3) is 7.75. The van der Waals surface area contributed by atoms with Gasteiger partial charge < -0.3 is 19.3 Å². The Labute approximate surface area is 163 Å². The molecule has 0 aliphatic carbocycles. The maximum absolute atomic E-state index is 11.1. The molecule has 0 bridgehead atoms. The van der Waals surface area contributed by atoms with Crippen LogP contribution in [0, 0.1) is 0 Å². The number of carboxylic acids is 1. The first-order chi connectivity index (χ1) is 12.4. The number of rotatable bonds is 17. The van der Waals surface area contributed by atoms with Crippen LogP contribution in [0.2, 0.25) is 0 Å². The van der Waals surface area contributed by atoms with Crippen LogP contribution in [0.5, 0.6) is 0 Å². The highest BCUT2D eigenvalue weighted by Crippen LogP contribution is 2.55. The first kappa shape index (κ1) is 23.7. The number of carboxylic acid groups (broad SMARTS) is 1. The van der Waals surface area contributed by atoms with E-state index in [2.05, 4.69) is 0 Å². The van der Waals surface area contributed by atoms with Gasteiger partial charge in [-0.1, -0.05) is 57.8 Å². The Kier molecular flexibility index (Phi) is 11.2. The van der Waals surface area contributed by atoms with Crippen LogP contribution in [-0.2, 0) is 19.0 Å². The average Bonchev–Trinajstić information content (AvgIpc) is 3.31. The molecule has 5 nitrogen and oxygen atoms in total. The number of unbranched alkanes of at least 4 members (excludes halogenated alkanes) is 9. The molecule has 0 radical (unpaired) electrons. The SMILES string of the molecule is COC(CCCCCCCCCCCCC1SC1(C)C(=O)O)(OC)OC. The Hall–Kier alpha value is -0.300. The smallest absolute Gasteiger partial charge is 0.320 e. The van der Waals surface area contributed by atoms with Crippen molar-refractivity contribution in [1.29, 1.82) is 0 Å². The Balaban J connectivity index is 1.85. The van der Waals surface area contributed by atoms with Crippen molar-refractivity contribution in [2.45, 2.75) is 99.9 Å². The molecular weight excluding hydrogens is 352 g/mol. The molecule has 0 aromatic rings. The van der Waals surface area contributed by atoms with Gasteiger partial charge in [-0.2, -0.15) is 0 Å². The number of methoxy groups -OCH3 is 3. The second-order valence-electron chi connectivity index (χ2n) is 7.39. The lowest BCUT2D eigenvalue weighted by atomic mass is 10.0. The van der Waals surface area contributed by atoms with E-state index in [4.69, 9.17) is 19.3 Å². The van der Waals surface area contributed by atoms with Crippen LogP contribution >= 0.6 is 11.8 Å². The van der Waals surface area contributed by atoms with Gasteiger partial charge in [0.2, 0.25) is 0 Å². The Morgan fingerprint density at radius 3 is 1.69 bits per heavy atom. The maximum Gasteiger partial charge on any atom is 0.320 e. The van der Waals surface area contributed by atoms with Gasteiger partial charge in [-0.15, -0.1) is 11.8 Å². The summed E-state index contributed by atoms with van der Waals surface area (Å²) in [5.74, 6) is -1.52. The molecule has 6 heteroatoms. The van der Waals surface area contributed by atoms with Crippen LogP contribution in [0.15, 0.2) is 0 Å². The molecule has 0 aromatic carbocycles. The van der Waals surface area contributed by atoms with E-state index >= 15 is 0 Å². The van der Waals surface area contributed by atoms with E-state index in [0.29, 0.717) is 5.25 Å². The van der Waals surface area contributed by atoms with Crippen molar-refractivity contribution in [2.75, 3.05) is 21.3 Å². The Bertz CT molecular complexity index is 391. The monoisotopic (exact) mass is 390 g/mol. The second-order valence-corrected chi connectivity index (χ2v) is 9.04. The van der Waals surface area contributed by atoms with Crippen LogP contribution in [-0.4, -0.2) is 48.4 Å². The predicted molar refractivity (Wildman–Crippen MR) is 107 cm³/mol. The largest absolute Gasteiger partial charge is 0.480 e. The van der Waals surface area contributed by atoms with Gasteiger partial charge >= 0.3 is 5.97 Å². The van der Waals surface area contributed by atoms with Gasteiger partial charge in [0.1, 0.15) is 4.75 Å². The Morgan fingerprint density at radius 1 is 0.885 bits per heavy atom. The molecule has 0 aromatic heterocycles. The van der Waals surface area contributed by atoms with Crippen molar-refractivity contribution in [3.8, 4) is 0 Å². The lowest BCUT2D eigenvalue weighted by Gasteiger charge is -2.28. The van der Waals surface area contributed by atoms with Crippen LogP contribution in [0.4, 0.5) is 0 Å². The molecule has 2 unspecified atom stereocenters. The van der Waals surface area contributed by atoms with E-state index in [1.54, 1.807) is 33.1 Å². The van der Waals surface area contributed by atoms with E-state index in [-0.39, 0.29) is 0 Å². The van der Waals surface area contributed by atoms with Crippen molar-refractivity contribution in [1.82, 2.24) is 0 Å². The zero-order chi connectivity index (χ0) is 19.5. The first-order valence-corrected chi connectivity index (χ1v) is 10.9. The van der Waals surface area contributed by atoms with E-state index in [0.717, 1.165) is 19.3 Å². The fourth-order valence-corrected chi connectivity index (χ4v) is 4.55.